The van der Waals surface area contributed by atoms with Gasteiger partial charge in [-0.1, -0.05) is 31.4 Å². The molecule has 23 heavy (non-hydrogen) atoms. The Morgan fingerprint density at radius 1 is 1.57 bits per heavy atom. The Morgan fingerprint density at radius 3 is 3.04 bits per heavy atom. The zero-order valence-electron chi connectivity index (χ0n) is 13.4. The summed E-state index contributed by atoms with van der Waals surface area (Å²) in [5.41, 5.74) is 0. The number of amides is 2. The van der Waals surface area contributed by atoms with Crippen LogP contribution in [0.3, 0.4) is 0 Å². The predicted octanol–water partition coefficient (Wildman–Crippen LogP) is 0.907. The summed E-state index contributed by atoms with van der Waals surface area (Å²) in [7, 11) is 0. The molecule has 128 valence electrons. The lowest BCUT2D eigenvalue weighted by atomic mass is 9.99. The minimum Gasteiger partial charge on any atom is -0.332 e. The van der Waals surface area contributed by atoms with Gasteiger partial charge in [-0.05, 0) is 19.3 Å². The van der Waals surface area contributed by atoms with Crippen LogP contribution in [0, 0.1) is 5.92 Å². The lowest BCUT2D eigenvalue weighted by Crippen LogP contribution is -2.40. The maximum atomic E-state index is 12.9. The van der Waals surface area contributed by atoms with Crippen LogP contribution in [0.2, 0.25) is 0 Å². The number of carbonyl (C=O) groups is 2. The molecule has 9 heteroatoms. The molecule has 2 rings (SSSR count). The van der Waals surface area contributed by atoms with Crippen molar-refractivity contribution in [3.63, 3.8) is 0 Å². The van der Waals surface area contributed by atoms with E-state index in [4.69, 9.17) is 0 Å². The maximum absolute atomic E-state index is 12.9. The summed E-state index contributed by atoms with van der Waals surface area (Å²) in [4.78, 5) is 25.3. The Kier molecular flexibility index (Phi) is 6.45. The number of likely N-dealkylation sites (tertiary alicyclic amines) is 1. The molecular weight excluding hydrogens is 300 g/mol. The number of carbonyl (C=O) groups excluding carboxylic acids is 2. The van der Waals surface area contributed by atoms with E-state index >= 15 is 0 Å². The number of hydroxylamine groups is 2. The predicted molar refractivity (Wildman–Crippen MR) is 80.1 cm³/mol. The monoisotopic (exact) mass is 324 g/mol. The van der Waals surface area contributed by atoms with E-state index in [0.29, 0.717) is 30.3 Å². The number of unbranched alkanes of at least 4 members (excludes halogenated alkanes) is 2. The molecule has 2 amide bonds. The van der Waals surface area contributed by atoms with Gasteiger partial charge >= 0.3 is 0 Å². The first-order valence-electron chi connectivity index (χ1n) is 8.12. The van der Waals surface area contributed by atoms with E-state index in [0.717, 1.165) is 32.1 Å². The lowest BCUT2D eigenvalue weighted by Gasteiger charge is -2.28. The molecule has 1 aliphatic rings. The molecule has 0 spiro atoms. The van der Waals surface area contributed by atoms with Crippen LogP contribution >= 0.6 is 0 Å². The lowest BCUT2D eigenvalue weighted by molar-refractivity contribution is -0.157. The summed E-state index contributed by atoms with van der Waals surface area (Å²) in [6.07, 6.45) is 5.61. The highest BCUT2D eigenvalue weighted by Gasteiger charge is 2.36. The third kappa shape index (κ3) is 4.47. The quantitative estimate of drug-likeness (QED) is 0.302. The molecule has 1 unspecified atom stereocenters. The summed E-state index contributed by atoms with van der Waals surface area (Å²) in [5.74, 6) is 0.0398. The number of H-pyrrole nitrogens is 1. The highest BCUT2D eigenvalue weighted by atomic mass is 16.5. The van der Waals surface area contributed by atoms with Gasteiger partial charge in [0.05, 0.1) is 18.5 Å². The molecule has 1 aromatic heterocycles. The minimum atomic E-state index is -0.413. The molecule has 0 aliphatic carbocycles. The van der Waals surface area contributed by atoms with Crippen LogP contribution in [0.4, 0.5) is 0 Å². The second kappa shape index (κ2) is 8.56. The van der Waals surface area contributed by atoms with Gasteiger partial charge in [0.15, 0.2) is 5.82 Å². The Bertz CT molecular complexity index is 495. The normalized spacial score (nSPS) is 18.9. The van der Waals surface area contributed by atoms with Crippen LogP contribution in [0.5, 0.6) is 0 Å². The Hall–Kier alpha value is -2.03. The van der Waals surface area contributed by atoms with Crippen molar-refractivity contribution in [3.8, 4) is 0 Å². The number of nitrogens with zero attached hydrogens (tertiary/aromatic N) is 5. The first kappa shape index (κ1) is 17.3. The van der Waals surface area contributed by atoms with Crippen molar-refractivity contribution in [2.24, 2.45) is 5.92 Å². The van der Waals surface area contributed by atoms with E-state index < -0.39 is 5.92 Å². The van der Waals surface area contributed by atoms with Crippen molar-refractivity contribution >= 4 is 12.3 Å². The van der Waals surface area contributed by atoms with Crippen LogP contribution < -0.4 is 0 Å². The highest BCUT2D eigenvalue weighted by Crippen LogP contribution is 2.31. The minimum absolute atomic E-state index is 0.0154. The van der Waals surface area contributed by atoms with E-state index in [1.807, 2.05) is 0 Å². The Balaban J connectivity index is 2.06. The summed E-state index contributed by atoms with van der Waals surface area (Å²) in [6.45, 7) is 2.74. The van der Waals surface area contributed by atoms with Crippen molar-refractivity contribution in [1.82, 2.24) is 30.6 Å². The topological polar surface area (TPSA) is 115 Å². The third-order valence-electron chi connectivity index (χ3n) is 4.23. The number of aromatic nitrogens is 4. The fourth-order valence-electron chi connectivity index (χ4n) is 3.05. The average molecular weight is 324 g/mol. The molecule has 1 aliphatic heterocycles. The van der Waals surface area contributed by atoms with Gasteiger partial charge in [-0.25, -0.2) is 5.06 Å². The van der Waals surface area contributed by atoms with Crippen LogP contribution in [0.15, 0.2) is 0 Å². The molecule has 1 saturated heterocycles. The largest absolute Gasteiger partial charge is 0.332 e. The van der Waals surface area contributed by atoms with E-state index in [-0.39, 0.29) is 18.5 Å². The van der Waals surface area contributed by atoms with Crippen LogP contribution in [-0.4, -0.2) is 61.2 Å². The number of tetrazole rings is 1. The fourth-order valence-corrected chi connectivity index (χ4v) is 3.05. The first-order chi connectivity index (χ1) is 11.2. The van der Waals surface area contributed by atoms with Crippen molar-refractivity contribution < 1.29 is 14.8 Å². The van der Waals surface area contributed by atoms with Gasteiger partial charge in [-0.3, -0.25) is 14.8 Å². The molecule has 0 saturated carbocycles. The second-order valence-electron chi connectivity index (χ2n) is 5.88. The van der Waals surface area contributed by atoms with Crippen LogP contribution in [0.1, 0.15) is 57.3 Å². The Labute approximate surface area is 135 Å². The second-order valence-corrected chi connectivity index (χ2v) is 5.88. The van der Waals surface area contributed by atoms with Gasteiger partial charge in [0, 0.05) is 6.54 Å². The third-order valence-corrected chi connectivity index (χ3v) is 4.23. The van der Waals surface area contributed by atoms with Gasteiger partial charge in [0.1, 0.15) is 0 Å². The first-order valence-corrected chi connectivity index (χ1v) is 8.12. The summed E-state index contributed by atoms with van der Waals surface area (Å²) in [6, 6.07) is -0.182. The zero-order chi connectivity index (χ0) is 16.7. The van der Waals surface area contributed by atoms with Gasteiger partial charge < -0.3 is 4.90 Å². The molecule has 0 bridgehead atoms. The van der Waals surface area contributed by atoms with Gasteiger partial charge in [0.2, 0.25) is 12.3 Å². The number of nitrogens with one attached hydrogen (secondary N) is 1. The smallest absolute Gasteiger partial charge is 0.233 e. The highest BCUT2D eigenvalue weighted by molar-refractivity contribution is 5.80. The average Bonchev–Trinajstić information content (AvgIpc) is 3.23. The molecule has 0 aromatic carbocycles. The van der Waals surface area contributed by atoms with E-state index in [1.54, 1.807) is 4.90 Å². The molecule has 0 radical (unpaired) electrons. The number of hydrogen-bond acceptors (Lipinski definition) is 6. The fraction of sp³-hybridized carbons (Fsp3) is 0.786. The molecule has 2 atom stereocenters. The standard InChI is InChI=1S/C14H24N6O3/c1-2-3-4-6-11(9-19(23)10-21)14(22)20-8-5-7-12(20)13-15-17-18-16-13/h10-12,23H,2-9H2,1H3,(H,15,16,17,18)/t11?,12-/m0/s1. The number of hydrogen-bond donors (Lipinski definition) is 2. The van der Waals surface area contributed by atoms with E-state index in [2.05, 4.69) is 27.5 Å². The summed E-state index contributed by atoms with van der Waals surface area (Å²) in [5, 5.41) is 24.0. The molecule has 9 nitrogen and oxygen atoms in total. The molecule has 2 N–H and O–H groups in total. The molecule has 2 heterocycles. The molecule has 1 fully saturated rings. The summed E-state index contributed by atoms with van der Waals surface area (Å²) < 4.78 is 0. The molecular formula is C14H24N6O3. The maximum Gasteiger partial charge on any atom is 0.233 e. The molecule has 1 aromatic rings. The van der Waals surface area contributed by atoms with Crippen molar-refractivity contribution in [1.29, 1.82) is 0 Å². The van der Waals surface area contributed by atoms with Gasteiger partial charge in [-0.2, -0.15) is 5.21 Å². The van der Waals surface area contributed by atoms with Crippen LogP contribution in [0.25, 0.3) is 0 Å². The van der Waals surface area contributed by atoms with Gasteiger partial charge in [0.25, 0.3) is 0 Å². The van der Waals surface area contributed by atoms with Crippen LogP contribution in [-0.2, 0) is 9.59 Å². The van der Waals surface area contributed by atoms with Crippen molar-refractivity contribution in [3.05, 3.63) is 5.82 Å². The summed E-state index contributed by atoms with van der Waals surface area (Å²) >= 11 is 0. The van der Waals surface area contributed by atoms with Crippen molar-refractivity contribution in [2.45, 2.75) is 51.5 Å². The number of aromatic amines is 1. The van der Waals surface area contributed by atoms with E-state index in [1.165, 1.54) is 0 Å². The SMILES string of the molecule is CCCCCC(CN(O)C=O)C(=O)N1CCC[C@H]1c1nn[nH]n1. The van der Waals surface area contributed by atoms with E-state index in [9.17, 15) is 14.8 Å². The van der Waals surface area contributed by atoms with Crippen molar-refractivity contribution in [2.75, 3.05) is 13.1 Å². The van der Waals surface area contributed by atoms with Gasteiger partial charge in [-0.15, -0.1) is 10.2 Å². The zero-order valence-corrected chi connectivity index (χ0v) is 13.4. The Morgan fingerprint density at radius 2 is 2.39 bits per heavy atom. The number of rotatable bonds is 9.